The molecule has 25 heavy (non-hydrogen) atoms. The normalized spacial score (nSPS) is 10.4. The van der Waals surface area contributed by atoms with Crippen molar-refractivity contribution >= 4 is 23.7 Å². The molecular weight excluding hydrogens is 324 g/mol. The fraction of sp³-hybridized carbons (Fsp3) is 0.118. The number of nitro groups is 1. The molecule has 0 aliphatic carbocycles. The summed E-state index contributed by atoms with van der Waals surface area (Å²) in [6.45, 7) is 1.64. The number of nitrogens with one attached hydrogen (secondary N) is 2. The van der Waals surface area contributed by atoms with Crippen LogP contribution in [0.1, 0.15) is 21.5 Å². The number of hydrogen-bond donors (Lipinski definition) is 2. The molecule has 2 aromatic carbocycles. The SMILES string of the molecule is Cc1ccc(C(=O)NCC(=O)N/N=C/c2ccccc2[N+](=O)[O-])cc1. The highest BCUT2D eigenvalue weighted by atomic mass is 16.6. The minimum absolute atomic E-state index is 0.117. The Labute approximate surface area is 143 Å². The molecule has 2 amide bonds. The third-order valence-corrected chi connectivity index (χ3v) is 3.25. The Morgan fingerprint density at radius 1 is 1.16 bits per heavy atom. The van der Waals surface area contributed by atoms with Gasteiger partial charge in [0.15, 0.2) is 0 Å². The zero-order chi connectivity index (χ0) is 18.2. The Hall–Kier alpha value is -3.55. The number of carbonyl (C=O) groups excluding carboxylic acids is 2. The van der Waals surface area contributed by atoms with Crippen molar-refractivity contribution in [2.75, 3.05) is 6.54 Å². The smallest absolute Gasteiger partial charge is 0.278 e. The number of hydrazone groups is 1. The van der Waals surface area contributed by atoms with Crippen molar-refractivity contribution in [3.8, 4) is 0 Å². The molecule has 2 rings (SSSR count). The first-order valence-corrected chi connectivity index (χ1v) is 7.37. The van der Waals surface area contributed by atoms with Gasteiger partial charge < -0.3 is 5.32 Å². The van der Waals surface area contributed by atoms with Crippen molar-refractivity contribution in [1.82, 2.24) is 10.7 Å². The van der Waals surface area contributed by atoms with E-state index in [1.807, 2.05) is 6.92 Å². The van der Waals surface area contributed by atoms with Crippen molar-refractivity contribution in [3.63, 3.8) is 0 Å². The van der Waals surface area contributed by atoms with Gasteiger partial charge in [0.2, 0.25) is 0 Å². The van der Waals surface area contributed by atoms with Gasteiger partial charge in [0.25, 0.3) is 17.5 Å². The van der Waals surface area contributed by atoms with Crippen LogP contribution in [-0.4, -0.2) is 29.5 Å². The molecule has 8 heteroatoms. The molecule has 8 nitrogen and oxygen atoms in total. The van der Waals surface area contributed by atoms with Crippen LogP contribution in [0.15, 0.2) is 53.6 Å². The Morgan fingerprint density at radius 2 is 1.84 bits per heavy atom. The molecule has 0 fully saturated rings. The van der Waals surface area contributed by atoms with Gasteiger partial charge in [-0.05, 0) is 25.1 Å². The van der Waals surface area contributed by atoms with Crippen LogP contribution >= 0.6 is 0 Å². The Balaban J connectivity index is 1.86. The molecule has 0 aromatic heterocycles. The van der Waals surface area contributed by atoms with Gasteiger partial charge in [0.05, 0.1) is 23.2 Å². The molecule has 2 aromatic rings. The van der Waals surface area contributed by atoms with Gasteiger partial charge in [-0.2, -0.15) is 5.10 Å². The van der Waals surface area contributed by atoms with Crippen LogP contribution in [0.2, 0.25) is 0 Å². The molecule has 0 aliphatic rings. The van der Waals surface area contributed by atoms with E-state index < -0.39 is 10.8 Å². The van der Waals surface area contributed by atoms with Gasteiger partial charge in [-0.3, -0.25) is 19.7 Å². The molecule has 0 unspecified atom stereocenters. The number of nitro benzene ring substituents is 1. The summed E-state index contributed by atoms with van der Waals surface area (Å²) in [6, 6.07) is 12.9. The zero-order valence-corrected chi connectivity index (χ0v) is 13.4. The van der Waals surface area contributed by atoms with Crippen molar-refractivity contribution < 1.29 is 14.5 Å². The number of para-hydroxylation sites is 1. The first-order chi connectivity index (χ1) is 12.0. The number of nitrogens with zero attached hydrogens (tertiary/aromatic N) is 2. The summed E-state index contributed by atoms with van der Waals surface area (Å²) in [5.74, 6) is -0.923. The molecular formula is C17H16N4O4. The lowest BCUT2D eigenvalue weighted by molar-refractivity contribution is -0.385. The van der Waals surface area contributed by atoms with Crippen LogP contribution in [0.25, 0.3) is 0 Å². The minimum atomic E-state index is -0.546. The molecule has 0 saturated heterocycles. The highest BCUT2D eigenvalue weighted by Gasteiger charge is 2.10. The molecule has 2 N–H and O–H groups in total. The zero-order valence-electron chi connectivity index (χ0n) is 13.4. The van der Waals surface area contributed by atoms with Crippen LogP contribution in [0.3, 0.4) is 0 Å². The number of rotatable bonds is 6. The predicted molar refractivity (Wildman–Crippen MR) is 92.3 cm³/mol. The van der Waals surface area contributed by atoms with E-state index in [2.05, 4.69) is 15.8 Å². The summed E-state index contributed by atoms with van der Waals surface area (Å²) in [6.07, 6.45) is 1.18. The fourth-order valence-corrected chi connectivity index (χ4v) is 1.94. The largest absolute Gasteiger partial charge is 0.343 e. The topological polar surface area (TPSA) is 114 Å². The number of hydrogen-bond acceptors (Lipinski definition) is 5. The van der Waals surface area contributed by atoms with Gasteiger partial charge in [0.1, 0.15) is 0 Å². The highest BCUT2D eigenvalue weighted by molar-refractivity contribution is 5.96. The Bertz CT molecular complexity index is 816. The van der Waals surface area contributed by atoms with Crippen LogP contribution < -0.4 is 10.7 Å². The summed E-state index contributed by atoms with van der Waals surface area (Å²) in [5.41, 5.74) is 3.82. The molecule has 0 radical (unpaired) electrons. The monoisotopic (exact) mass is 340 g/mol. The molecule has 0 heterocycles. The number of benzene rings is 2. The lowest BCUT2D eigenvalue weighted by atomic mass is 10.1. The summed E-state index contributed by atoms with van der Waals surface area (Å²) >= 11 is 0. The second-order valence-corrected chi connectivity index (χ2v) is 5.16. The van der Waals surface area contributed by atoms with E-state index in [9.17, 15) is 19.7 Å². The molecule has 0 spiro atoms. The maximum Gasteiger partial charge on any atom is 0.278 e. The first-order valence-electron chi connectivity index (χ1n) is 7.37. The number of aryl methyl sites for hydroxylation is 1. The molecule has 0 aliphatic heterocycles. The van der Waals surface area contributed by atoms with E-state index in [1.165, 1.54) is 24.4 Å². The fourth-order valence-electron chi connectivity index (χ4n) is 1.94. The van der Waals surface area contributed by atoms with Gasteiger partial charge >= 0.3 is 0 Å². The quantitative estimate of drug-likeness (QED) is 0.474. The Kier molecular flexibility index (Phi) is 5.94. The van der Waals surface area contributed by atoms with Crippen molar-refractivity contribution in [3.05, 3.63) is 75.3 Å². The molecule has 0 atom stereocenters. The van der Waals surface area contributed by atoms with Gasteiger partial charge in [-0.25, -0.2) is 5.43 Å². The second-order valence-electron chi connectivity index (χ2n) is 5.16. The first kappa shape index (κ1) is 17.8. The summed E-state index contributed by atoms with van der Waals surface area (Å²) < 4.78 is 0. The van der Waals surface area contributed by atoms with Crippen LogP contribution in [0, 0.1) is 17.0 Å². The van der Waals surface area contributed by atoms with E-state index in [1.54, 1.807) is 30.3 Å². The van der Waals surface area contributed by atoms with Gasteiger partial charge in [-0.15, -0.1) is 0 Å². The lowest BCUT2D eigenvalue weighted by Crippen LogP contribution is -2.34. The number of carbonyl (C=O) groups is 2. The third-order valence-electron chi connectivity index (χ3n) is 3.25. The summed E-state index contributed by atoms with van der Waals surface area (Å²) in [5, 5.41) is 17.0. The second kappa shape index (κ2) is 8.34. The van der Waals surface area contributed by atoms with Crippen LogP contribution in [-0.2, 0) is 4.79 Å². The average Bonchev–Trinajstić information content (AvgIpc) is 2.60. The van der Waals surface area contributed by atoms with E-state index in [0.717, 1.165) is 5.56 Å². The molecule has 128 valence electrons. The van der Waals surface area contributed by atoms with E-state index >= 15 is 0 Å². The lowest BCUT2D eigenvalue weighted by Gasteiger charge is -2.04. The third kappa shape index (κ3) is 5.24. The maximum atomic E-state index is 11.9. The van der Waals surface area contributed by atoms with Crippen LogP contribution in [0.5, 0.6) is 0 Å². The van der Waals surface area contributed by atoms with Crippen LogP contribution in [0.4, 0.5) is 5.69 Å². The van der Waals surface area contributed by atoms with E-state index in [4.69, 9.17) is 0 Å². The average molecular weight is 340 g/mol. The highest BCUT2D eigenvalue weighted by Crippen LogP contribution is 2.14. The van der Waals surface area contributed by atoms with E-state index in [-0.39, 0.29) is 23.7 Å². The Morgan fingerprint density at radius 3 is 2.52 bits per heavy atom. The maximum absolute atomic E-state index is 11.9. The predicted octanol–water partition coefficient (Wildman–Crippen LogP) is 1.78. The molecule has 0 bridgehead atoms. The van der Waals surface area contributed by atoms with Gasteiger partial charge in [0, 0.05) is 11.6 Å². The number of amides is 2. The van der Waals surface area contributed by atoms with Gasteiger partial charge in [-0.1, -0.05) is 29.8 Å². The van der Waals surface area contributed by atoms with Crippen molar-refractivity contribution in [1.29, 1.82) is 0 Å². The minimum Gasteiger partial charge on any atom is -0.343 e. The molecule has 0 saturated carbocycles. The standard InChI is InChI=1S/C17H16N4O4/c1-12-6-8-13(9-7-12)17(23)18-11-16(22)20-19-10-14-4-2-3-5-15(14)21(24)25/h2-10H,11H2,1H3,(H,18,23)(H,20,22)/b19-10+. The summed E-state index contributed by atoms with van der Waals surface area (Å²) in [7, 11) is 0. The summed E-state index contributed by atoms with van der Waals surface area (Å²) in [4.78, 5) is 33.9. The van der Waals surface area contributed by atoms with E-state index in [0.29, 0.717) is 5.56 Å². The van der Waals surface area contributed by atoms with Crippen molar-refractivity contribution in [2.24, 2.45) is 5.10 Å². The van der Waals surface area contributed by atoms with Crippen molar-refractivity contribution in [2.45, 2.75) is 6.92 Å².